The van der Waals surface area contributed by atoms with Gasteiger partial charge in [-0.1, -0.05) is 18.2 Å². The van der Waals surface area contributed by atoms with Crippen LogP contribution in [0.2, 0.25) is 0 Å². The minimum absolute atomic E-state index is 0.122. The van der Waals surface area contributed by atoms with Gasteiger partial charge in [-0.15, -0.1) is 0 Å². The Morgan fingerprint density at radius 3 is 2.55 bits per heavy atom. The average molecular weight is 404 g/mol. The zero-order chi connectivity index (χ0) is 20.8. The summed E-state index contributed by atoms with van der Waals surface area (Å²) in [7, 11) is 0. The molecule has 2 aromatic heterocycles. The summed E-state index contributed by atoms with van der Waals surface area (Å²) in [4.78, 5) is 15.6. The van der Waals surface area contributed by atoms with Crippen molar-refractivity contribution in [3.63, 3.8) is 0 Å². The highest BCUT2D eigenvalue weighted by Gasteiger charge is 2.36. The topological polar surface area (TPSA) is 54.6 Å². The number of alkyl halides is 3. The summed E-state index contributed by atoms with van der Waals surface area (Å²) < 4.78 is 56.2. The lowest BCUT2D eigenvalue weighted by molar-refractivity contribution is -0.136. The van der Waals surface area contributed by atoms with Gasteiger partial charge >= 0.3 is 12.1 Å². The number of nitrogens with zero attached hydrogens (tertiary/aromatic N) is 2. The van der Waals surface area contributed by atoms with Crippen LogP contribution in [0.1, 0.15) is 47.4 Å². The van der Waals surface area contributed by atoms with E-state index in [0.29, 0.717) is 12.0 Å². The number of pyridine rings is 1. The Hall–Kier alpha value is -3.16. The van der Waals surface area contributed by atoms with Crippen LogP contribution in [0, 0.1) is 5.82 Å². The summed E-state index contributed by atoms with van der Waals surface area (Å²) >= 11 is 0. The first kappa shape index (κ1) is 19.2. The van der Waals surface area contributed by atoms with Gasteiger partial charge in [-0.05, 0) is 60.6 Å². The van der Waals surface area contributed by atoms with Crippen LogP contribution in [-0.4, -0.2) is 20.5 Å². The number of carbonyl (C=O) groups is 1. The minimum Gasteiger partial charge on any atom is -0.476 e. The fourth-order valence-corrected chi connectivity index (χ4v) is 3.69. The van der Waals surface area contributed by atoms with E-state index in [9.17, 15) is 27.5 Å². The maximum atomic E-state index is 13.8. The van der Waals surface area contributed by atoms with Crippen LogP contribution in [0.3, 0.4) is 0 Å². The molecule has 1 aliphatic rings. The number of benzene rings is 1. The molecule has 2 heterocycles. The molecule has 0 spiro atoms. The molecule has 0 amide bonds. The van der Waals surface area contributed by atoms with Gasteiger partial charge in [-0.2, -0.15) is 13.2 Å². The van der Waals surface area contributed by atoms with Crippen molar-refractivity contribution in [1.82, 2.24) is 9.38 Å². The van der Waals surface area contributed by atoms with Gasteiger partial charge in [0.25, 0.3) is 0 Å². The smallest absolute Gasteiger partial charge is 0.420 e. The number of hydrogen-bond donors (Lipinski definition) is 1. The highest BCUT2D eigenvalue weighted by Crippen LogP contribution is 2.38. The van der Waals surface area contributed by atoms with Crippen molar-refractivity contribution in [3.05, 3.63) is 65.4 Å². The fraction of sp³-hybridized carbons (Fsp3) is 0.238. The number of halogens is 4. The van der Waals surface area contributed by atoms with E-state index >= 15 is 0 Å². The van der Waals surface area contributed by atoms with Gasteiger partial charge in [0, 0.05) is 6.20 Å². The maximum absolute atomic E-state index is 13.8. The molecule has 0 fully saturated rings. The second-order valence-corrected chi connectivity index (χ2v) is 6.93. The lowest BCUT2D eigenvalue weighted by Crippen LogP contribution is -2.09. The van der Waals surface area contributed by atoms with Gasteiger partial charge in [-0.25, -0.2) is 14.2 Å². The van der Waals surface area contributed by atoms with Gasteiger partial charge in [0.2, 0.25) is 0 Å². The third kappa shape index (κ3) is 3.50. The Kier molecular flexibility index (Phi) is 4.64. The van der Waals surface area contributed by atoms with Gasteiger partial charge in [0.15, 0.2) is 11.3 Å². The first-order valence-corrected chi connectivity index (χ1v) is 9.07. The molecule has 0 unspecified atom stereocenters. The van der Waals surface area contributed by atoms with E-state index in [1.165, 1.54) is 28.8 Å². The molecule has 0 atom stereocenters. The predicted octanol–water partition coefficient (Wildman–Crippen LogP) is 5.81. The zero-order valence-corrected chi connectivity index (χ0v) is 15.1. The number of hydrogen-bond acceptors (Lipinski definition) is 2. The van der Waals surface area contributed by atoms with Crippen molar-refractivity contribution in [2.45, 2.75) is 31.9 Å². The molecule has 0 saturated heterocycles. The van der Waals surface area contributed by atoms with Crippen LogP contribution in [-0.2, 0) is 6.18 Å². The van der Waals surface area contributed by atoms with Gasteiger partial charge in [0.05, 0.1) is 11.3 Å². The molecule has 0 bridgehead atoms. The Morgan fingerprint density at radius 1 is 1.14 bits per heavy atom. The number of aromatic nitrogens is 2. The van der Waals surface area contributed by atoms with Gasteiger partial charge in [-0.3, -0.25) is 4.40 Å². The zero-order valence-electron chi connectivity index (χ0n) is 15.1. The standard InChI is InChI=1S/C21H16F4N2O2/c22-15-8-4-7-13(9-15)14-10-16(21(23,24)25)19-26-17(20(28)29)18(27(19)11-14)12-5-2-1-3-6-12/h4-5,7-11H,1-3,6H2,(H,28,29). The van der Waals surface area contributed by atoms with Crippen molar-refractivity contribution in [2.24, 2.45) is 0 Å². The quantitative estimate of drug-likeness (QED) is 0.560. The van der Waals surface area contributed by atoms with Crippen LogP contribution in [0.25, 0.3) is 22.3 Å². The molecule has 1 aliphatic carbocycles. The number of carboxylic acids is 1. The molecular weight excluding hydrogens is 388 g/mol. The first-order valence-electron chi connectivity index (χ1n) is 9.07. The van der Waals surface area contributed by atoms with Crippen molar-refractivity contribution >= 4 is 17.2 Å². The second-order valence-electron chi connectivity index (χ2n) is 6.93. The first-order chi connectivity index (χ1) is 13.8. The lowest BCUT2D eigenvalue weighted by atomic mass is 9.96. The lowest BCUT2D eigenvalue weighted by Gasteiger charge is -2.16. The van der Waals surface area contributed by atoms with E-state index in [0.717, 1.165) is 31.4 Å². The van der Waals surface area contributed by atoms with E-state index in [-0.39, 0.29) is 16.8 Å². The molecule has 3 aromatic rings. The van der Waals surface area contributed by atoms with E-state index in [1.807, 2.05) is 6.08 Å². The third-order valence-corrected chi connectivity index (χ3v) is 4.98. The van der Waals surface area contributed by atoms with E-state index < -0.39 is 34.9 Å². The molecular formula is C21H16F4N2O2. The van der Waals surface area contributed by atoms with E-state index in [4.69, 9.17) is 0 Å². The largest absolute Gasteiger partial charge is 0.476 e. The monoisotopic (exact) mass is 404 g/mol. The van der Waals surface area contributed by atoms with Crippen LogP contribution < -0.4 is 0 Å². The van der Waals surface area contributed by atoms with E-state index in [2.05, 4.69) is 4.98 Å². The summed E-state index contributed by atoms with van der Waals surface area (Å²) in [6, 6.07) is 6.12. The van der Waals surface area contributed by atoms with Crippen LogP contribution >= 0.6 is 0 Å². The highest BCUT2D eigenvalue weighted by molar-refractivity contribution is 5.93. The number of imidazole rings is 1. The number of aromatic carboxylic acids is 1. The van der Waals surface area contributed by atoms with Crippen molar-refractivity contribution < 1.29 is 27.5 Å². The molecule has 150 valence electrons. The molecule has 0 saturated carbocycles. The Labute approximate surface area is 163 Å². The molecule has 29 heavy (non-hydrogen) atoms. The maximum Gasteiger partial charge on any atom is 0.420 e. The fourth-order valence-electron chi connectivity index (χ4n) is 3.69. The summed E-state index contributed by atoms with van der Waals surface area (Å²) in [5.74, 6) is -1.97. The molecule has 4 nitrogen and oxygen atoms in total. The SMILES string of the molecule is O=C(O)c1nc2c(C(F)(F)F)cc(-c3cccc(F)c3)cn2c1C1=CCCCC1. The van der Waals surface area contributed by atoms with E-state index in [1.54, 1.807) is 0 Å². The minimum atomic E-state index is -4.76. The molecule has 4 rings (SSSR count). The molecule has 1 N–H and O–H groups in total. The van der Waals surface area contributed by atoms with Crippen LogP contribution in [0.5, 0.6) is 0 Å². The van der Waals surface area contributed by atoms with Gasteiger partial charge in [0.1, 0.15) is 5.82 Å². The Bertz CT molecular complexity index is 1150. The summed E-state index contributed by atoms with van der Waals surface area (Å²) in [5.41, 5.74) is -0.773. The Balaban J connectivity index is 2.08. The van der Waals surface area contributed by atoms with Crippen molar-refractivity contribution in [2.75, 3.05) is 0 Å². The number of carboxylic acid groups (broad SMARTS) is 1. The van der Waals surface area contributed by atoms with Crippen molar-refractivity contribution in [1.29, 1.82) is 0 Å². The molecule has 0 aliphatic heterocycles. The normalized spacial score (nSPS) is 14.8. The van der Waals surface area contributed by atoms with Crippen LogP contribution in [0.15, 0.2) is 42.6 Å². The molecule has 0 radical (unpaired) electrons. The number of rotatable bonds is 3. The number of fused-ring (bicyclic) bond motifs is 1. The summed E-state index contributed by atoms with van der Waals surface area (Å²) in [6.45, 7) is 0. The average Bonchev–Trinajstić information content (AvgIpc) is 3.07. The third-order valence-electron chi connectivity index (χ3n) is 4.98. The summed E-state index contributed by atoms with van der Waals surface area (Å²) in [6.07, 6.45) is 1.50. The second kappa shape index (κ2) is 7.02. The molecule has 1 aromatic carbocycles. The van der Waals surface area contributed by atoms with Gasteiger partial charge < -0.3 is 5.11 Å². The molecule has 8 heteroatoms. The summed E-state index contributed by atoms with van der Waals surface area (Å²) in [5, 5.41) is 9.58. The number of allylic oxidation sites excluding steroid dienone is 2. The van der Waals surface area contributed by atoms with Crippen molar-refractivity contribution in [3.8, 4) is 11.1 Å². The predicted molar refractivity (Wildman–Crippen MR) is 99.0 cm³/mol. The van der Waals surface area contributed by atoms with Crippen LogP contribution in [0.4, 0.5) is 17.6 Å². The Morgan fingerprint density at radius 2 is 1.93 bits per heavy atom. The highest BCUT2D eigenvalue weighted by atomic mass is 19.4.